The Morgan fingerprint density at radius 2 is 1.80 bits per heavy atom. The van der Waals surface area contributed by atoms with Crippen molar-refractivity contribution in [3.05, 3.63) is 47.8 Å². The van der Waals surface area contributed by atoms with Gasteiger partial charge in [0.25, 0.3) is 5.92 Å². The number of hydrogen-bond donors (Lipinski definition) is 1. The Kier molecular flexibility index (Phi) is 7.22. The summed E-state index contributed by atoms with van der Waals surface area (Å²) < 4.78 is 42.0. The number of nitrogens with one attached hydrogen (secondary N) is 1. The summed E-state index contributed by atoms with van der Waals surface area (Å²) in [5.74, 6) is -3.91. The molecule has 0 radical (unpaired) electrons. The van der Waals surface area contributed by atoms with Gasteiger partial charge in [0.1, 0.15) is 22.4 Å². The highest BCUT2D eigenvalue weighted by Crippen LogP contribution is 2.47. The third-order valence-corrected chi connectivity index (χ3v) is 9.60. The molecule has 7 nitrogen and oxygen atoms in total. The zero-order valence-electron chi connectivity index (χ0n) is 22.7. The monoisotopic (exact) mass is 580 g/mol. The van der Waals surface area contributed by atoms with E-state index in [-0.39, 0.29) is 31.1 Å². The van der Waals surface area contributed by atoms with Crippen LogP contribution in [0.3, 0.4) is 0 Å². The molecule has 11 heteroatoms. The molecule has 214 valence electrons. The second-order valence-corrected chi connectivity index (χ2v) is 12.5. The van der Waals surface area contributed by atoms with E-state index in [1.165, 1.54) is 11.3 Å². The Labute approximate surface area is 240 Å². The first-order valence-electron chi connectivity index (χ1n) is 14.1. The molecule has 3 fully saturated rings. The number of thiazole rings is 1. The number of alkyl halides is 3. The van der Waals surface area contributed by atoms with Crippen LogP contribution in [-0.2, 0) is 4.79 Å². The van der Waals surface area contributed by atoms with Crippen molar-refractivity contribution in [2.75, 3.05) is 18.0 Å². The molecule has 0 bridgehead atoms. The van der Waals surface area contributed by atoms with Crippen LogP contribution in [0.15, 0.2) is 36.4 Å². The maximum atomic E-state index is 14.7. The van der Waals surface area contributed by atoms with Gasteiger partial charge < -0.3 is 10.2 Å². The number of amides is 1. The van der Waals surface area contributed by atoms with Crippen molar-refractivity contribution < 1.29 is 18.0 Å². The molecule has 2 aliphatic carbocycles. The Hall–Kier alpha value is -3.52. The van der Waals surface area contributed by atoms with Crippen molar-refractivity contribution >= 4 is 22.9 Å². The molecule has 0 unspecified atom stereocenters. The third-order valence-electron chi connectivity index (χ3n) is 8.46. The quantitative estimate of drug-likeness (QED) is 0.373. The van der Waals surface area contributed by atoms with E-state index >= 15 is 0 Å². The first kappa shape index (κ1) is 27.6. The van der Waals surface area contributed by atoms with Crippen LogP contribution in [-0.4, -0.2) is 51.8 Å². The average Bonchev–Trinajstić information content (AvgIpc) is 3.60. The van der Waals surface area contributed by atoms with Crippen LogP contribution >= 0.6 is 11.3 Å². The van der Waals surface area contributed by atoms with E-state index in [1.54, 1.807) is 0 Å². The van der Waals surface area contributed by atoms with Gasteiger partial charge in [-0.25, -0.2) is 18.2 Å². The zero-order chi connectivity index (χ0) is 28.8. The predicted octanol–water partition coefficient (Wildman–Crippen LogP) is 6.21. The van der Waals surface area contributed by atoms with Gasteiger partial charge in [-0.1, -0.05) is 12.1 Å². The molecular weight excluding hydrogens is 549 g/mol. The molecule has 6 rings (SSSR count). The van der Waals surface area contributed by atoms with Gasteiger partial charge in [0.2, 0.25) is 5.91 Å². The average molecular weight is 581 g/mol. The Morgan fingerprint density at radius 1 is 1.07 bits per heavy atom. The fourth-order valence-corrected chi connectivity index (χ4v) is 6.89. The van der Waals surface area contributed by atoms with Gasteiger partial charge in [0, 0.05) is 43.5 Å². The van der Waals surface area contributed by atoms with Crippen LogP contribution in [0, 0.1) is 24.2 Å². The molecule has 41 heavy (non-hydrogen) atoms. The number of rotatable bonds is 6. The molecule has 1 aromatic carbocycles. The van der Waals surface area contributed by atoms with Crippen molar-refractivity contribution in [3.63, 3.8) is 0 Å². The maximum absolute atomic E-state index is 14.7. The van der Waals surface area contributed by atoms with Gasteiger partial charge in [-0.2, -0.15) is 10.4 Å². The SMILES string of the molecule is Cc1ccc(-c2nc([C@@H]3CC[C@H](F)C[C@H]3C(=O)NC3(C#N)CC3)c(-c3ccc(N4CCC(F)(F)CC4)cc3)s2)nn1. The smallest absolute Gasteiger partial charge is 0.251 e. The molecule has 3 heterocycles. The van der Waals surface area contributed by atoms with E-state index in [0.717, 1.165) is 21.8 Å². The molecule has 3 aliphatic rings. The summed E-state index contributed by atoms with van der Waals surface area (Å²) in [6.07, 6.45) is 0.634. The summed E-state index contributed by atoms with van der Waals surface area (Å²) in [7, 11) is 0. The van der Waals surface area contributed by atoms with E-state index in [4.69, 9.17) is 4.98 Å². The minimum atomic E-state index is -2.61. The number of anilines is 1. The molecule has 3 aromatic rings. The normalized spacial score (nSPS) is 24.9. The van der Waals surface area contributed by atoms with Crippen molar-refractivity contribution in [3.8, 4) is 27.2 Å². The number of aromatic nitrogens is 3. The number of halogens is 3. The van der Waals surface area contributed by atoms with Gasteiger partial charge in [0.15, 0.2) is 0 Å². The van der Waals surface area contributed by atoms with Gasteiger partial charge in [-0.15, -0.1) is 16.4 Å². The first-order valence-corrected chi connectivity index (χ1v) is 14.9. The number of nitriles is 1. The minimum Gasteiger partial charge on any atom is -0.371 e. The lowest BCUT2D eigenvalue weighted by Gasteiger charge is -2.33. The number of hydrogen-bond acceptors (Lipinski definition) is 7. The standard InChI is InChI=1S/C30H31F3N6OS/c1-18-2-9-24(38-37-18)28-35-25(22-8-5-20(31)16-23(22)27(40)36-29(17-34)10-11-29)26(41-28)19-3-6-21(7-4-19)39-14-12-30(32,33)13-15-39/h2-4,6-7,9,20,22-23H,5,8,10-16H2,1H3,(H,36,40)/t20-,22+,23+/m0/s1. The Balaban J connectivity index is 1.35. The van der Waals surface area contributed by atoms with Gasteiger partial charge in [-0.3, -0.25) is 4.79 Å². The topological polar surface area (TPSA) is 94.8 Å². The first-order chi connectivity index (χ1) is 19.7. The molecule has 2 saturated carbocycles. The van der Waals surface area contributed by atoms with E-state index in [0.29, 0.717) is 55.2 Å². The van der Waals surface area contributed by atoms with Crippen LogP contribution in [0.1, 0.15) is 62.3 Å². The lowest BCUT2D eigenvalue weighted by atomic mass is 9.75. The summed E-state index contributed by atoms with van der Waals surface area (Å²) in [5.41, 5.74) is 3.02. The highest BCUT2D eigenvalue weighted by molar-refractivity contribution is 7.18. The second kappa shape index (κ2) is 10.7. The maximum Gasteiger partial charge on any atom is 0.251 e. The fraction of sp³-hybridized carbons (Fsp3) is 0.500. The number of piperidine rings is 1. The molecule has 1 aliphatic heterocycles. The molecule has 1 saturated heterocycles. The molecule has 3 atom stereocenters. The molecule has 2 aromatic heterocycles. The van der Waals surface area contributed by atoms with Crippen molar-refractivity contribution in [1.82, 2.24) is 20.5 Å². The number of nitrogens with zero attached hydrogens (tertiary/aromatic N) is 5. The minimum absolute atomic E-state index is 0.0766. The lowest BCUT2D eigenvalue weighted by Crippen LogP contribution is -2.44. The molecular formula is C30H31F3N6OS. The van der Waals surface area contributed by atoms with E-state index in [9.17, 15) is 23.2 Å². The summed E-state index contributed by atoms with van der Waals surface area (Å²) in [4.78, 5) is 21.2. The fourth-order valence-electron chi connectivity index (χ4n) is 5.78. The van der Waals surface area contributed by atoms with Crippen LogP contribution in [0.4, 0.5) is 18.9 Å². The Morgan fingerprint density at radius 3 is 2.44 bits per heavy atom. The molecule has 1 amide bonds. The van der Waals surface area contributed by atoms with Crippen molar-refractivity contribution in [2.45, 2.75) is 75.4 Å². The van der Waals surface area contributed by atoms with Crippen LogP contribution in [0.2, 0.25) is 0 Å². The summed E-state index contributed by atoms with van der Waals surface area (Å²) in [6, 6.07) is 13.7. The summed E-state index contributed by atoms with van der Waals surface area (Å²) in [6.45, 7) is 2.44. The van der Waals surface area contributed by atoms with Crippen molar-refractivity contribution in [1.29, 1.82) is 5.26 Å². The van der Waals surface area contributed by atoms with Gasteiger partial charge >= 0.3 is 0 Å². The highest BCUT2D eigenvalue weighted by atomic mass is 32.1. The van der Waals surface area contributed by atoms with Crippen LogP contribution < -0.4 is 10.2 Å². The van der Waals surface area contributed by atoms with Crippen LogP contribution in [0.25, 0.3) is 21.1 Å². The van der Waals surface area contributed by atoms with Crippen molar-refractivity contribution in [2.24, 2.45) is 5.92 Å². The van der Waals surface area contributed by atoms with Gasteiger partial charge in [0.05, 0.1) is 22.3 Å². The zero-order valence-corrected chi connectivity index (χ0v) is 23.6. The predicted molar refractivity (Wildman–Crippen MR) is 150 cm³/mol. The number of benzene rings is 1. The largest absolute Gasteiger partial charge is 0.371 e. The van der Waals surface area contributed by atoms with E-state index in [1.807, 2.05) is 48.2 Å². The van der Waals surface area contributed by atoms with E-state index < -0.39 is 23.6 Å². The summed E-state index contributed by atoms with van der Waals surface area (Å²) in [5, 5.41) is 21.6. The molecule has 1 N–H and O–H groups in total. The van der Waals surface area contributed by atoms with Crippen LogP contribution in [0.5, 0.6) is 0 Å². The lowest BCUT2D eigenvalue weighted by molar-refractivity contribution is -0.128. The second-order valence-electron chi connectivity index (χ2n) is 11.5. The summed E-state index contributed by atoms with van der Waals surface area (Å²) >= 11 is 1.45. The van der Waals surface area contributed by atoms with E-state index in [2.05, 4.69) is 21.6 Å². The Bertz CT molecular complexity index is 1450. The number of aryl methyl sites for hydroxylation is 1. The third kappa shape index (κ3) is 5.80. The molecule has 0 spiro atoms. The van der Waals surface area contributed by atoms with Gasteiger partial charge in [-0.05, 0) is 68.9 Å². The number of carbonyl (C=O) groups excluding carboxylic acids is 1. The highest BCUT2D eigenvalue weighted by Gasteiger charge is 2.48. The number of carbonyl (C=O) groups is 1.